The second-order valence-corrected chi connectivity index (χ2v) is 31.4. The summed E-state index contributed by atoms with van der Waals surface area (Å²) in [6.07, 6.45) is 7.31. The SMILES string of the molecule is CCOP(=O)(CO[C@]1(C(=O)CO[Si](C)(C)C(C)(C)C)[C@@H](C)C[C@H]2[C@@H]3CCC4=CC(=O)C=C[C@]4(C)[C@@]3(Cl)[C@@H](O[Si](C)(C)C(C)(C)C)C[C@@]21C)OCC. The molecule has 0 aromatic rings. The Bertz CT molecular complexity index is 1460. The van der Waals surface area contributed by atoms with E-state index in [4.69, 9.17) is 34.2 Å². The van der Waals surface area contributed by atoms with Crippen molar-refractivity contribution in [3.8, 4) is 0 Å². The molecule has 3 saturated carbocycles. The van der Waals surface area contributed by atoms with E-state index in [0.717, 1.165) is 18.4 Å². The van der Waals surface area contributed by atoms with Crippen molar-refractivity contribution in [1.29, 1.82) is 0 Å². The van der Waals surface area contributed by atoms with Gasteiger partial charge in [0.1, 0.15) is 11.9 Å². The van der Waals surface area contributed by atoms with E-state index in [2.05, 4.69) is 88.5 Å². The minimum absolute atomic E-state index is 0.00837. The van der Waals surface area contributed by atoms with Crippen LogP contribution in [0, 0.1) is 28.6 Å². The Morgan fingerprint density at radius 1 is 0.980 bits per heavy atom. The number of hydrogen-bond donors (Lipinski definition) is 0. The van der Waals surface area contributed by atoms with Crippen LogP contribution in [0.2, 0.25) is 36.3 Å². The summed E-state index contributed by atoms with van der Waals surface area (Å²) in [7, 11) is -8.46. The van der Waals surface area contributed by atoms with E-state index < -0.39 is 51.6 Å². The van der Waals surface area contributed by atoms with Crippen LogP contribution in [0.1, 0.15) is 102 Å². The van der Waals surface area contributed by atoms with Gasteiger partial charge in [-0.3, -0.25) is 14.2 Å². The van der Waals surface area contributed by atoms with E-state index >= 15 is 4.79 Å². The Hall–Kier alpha value is -0.426. The van der Waals surface area contributed by atoms with Crippen molar-refractivity contribution in [1.82, 2.24) is 0 Å². The Labute approximate surface area is 316 Å². The van der Waals surface area contributed by atoms with Crippen molar-refractivity contribution in [2.45, 2.75) is 155 Å². The first-order valence-corrected chi connectivity index (χ1v) is 27.0. The molecule has 0 radical (unpaired) electrons. The fourth-order valence-electron chi connectivity index (χ4n) is 9.39. The van der Waals surface area contributed by atoms with Gasteiger partial charge in [0, 0.05) is 10.8 Å². The molecule has 0 aromatic heterocycles. The molecular formula is C39H68ClO8PSi2. The average Bonchev–Trinajstić information content (AvgIpc) is 3.21. The van der Waals surface area contributed by atoms with E-state index in [0.29, 0.717) is 12.8 Å². The smallest absolute Gasteiger partial charge is 0.356 e. The van der Waals surface area contributed by atoms with Crippen LogP contribution in [0.15, 0.2) is 23.8 Å². The molecule has 0 unspecified atom stereocenters. The highest BCUT2D eigenvalue weighted by atomic mass is 35.5. The lowest BCUT2D eigenvalue weighted by Crippen LogP contribution is -2.71. The van der Waals surface area contributed by atoms with Gasteiger partial charge >= 0.3 is 7.60 Å². The van der Waals surface area contributed by atoms with E-state index in [1.165, 1.54) is 0 Å². The zero-order valence-corrected chi connectivity index (χ0v) is 37.9. The van der Waals surface area contributed by atoms with Crippen LogP contribution in [0.4, 0.5) is 0 Å². The number of allylic oxidation sites excluding steroid dienone is 4. The van der Waals surface area contributed by atoms with Crippen molar-refractivity contribution >= 4 is 47.4 Å². The second kappa shape index (κ2) is 14.3. The van der Waals surface area contributed by atoms with Crippen molar-refractivity contribution in [3.05, 3.63) is 23.8 Å². The van der Waals surface area contributed by atoms with Crippen LogP contribution in [0.5, 0.6) is 0 Å². The van der Waals surface area contributed by atoms with E-state index in [1.807, 2.05) is 6.08 Å². The number of ether oxygens (including phenoxy) is 1. The van der Waals surface area contributed by atoms with Crippen LogP contribution in [0.3, 0.4) is 0 Å². The minimum atomic E-state index is -3.69. The van der Waals surface area contributed by atoms with Crippen LogP contribution >= 0.6 is 19.2 Å². The molecule has 0 heterocycles. The van der Waals surface area contributed by atoms with Crippen LogP contribution in [0.25, 0.3) is 0 Å². The summed E-state index contributed by atoms with van der Waals surface area (Å²) in [4.78, 5) is 27.1. The molecule has 3 fully saturated rings. The van der Waals surface area contributed by atoms with Crippen molar-refractivity contribution in [2.24, 2.45) is 28.6 Å². The molecule has 0 bridgehead atoms. The first-order chi connectivity index (χ1) is 23.1. The standard InChI is InChI=1S/C39H68ClO8PSi2/c1-16-45-49(43,46-17-2)26-44-39(32(42)25-47-50(12,13)34(4,5)6)27(3)22-31-30-19-18-28-23-29(41)20-21-36(28,10)38(30,40)33(24-37(31,39)11)48-51(14,15)35(7,8)9/h20-21,23,27,30-31,33H,16-19,22,24-26H2,1-15H3/t27-,30-,31-,33-,36-,37-,38-,39-/m0/s1. The van der Waals surface area contributed by atoms with Crippen molar-refractivity contribution in [3.63, 3.8) is 0 Å². The molecule has 0 spiro atoms. The zero-order chi connectivity index (χ0) is 38.9. The number of carbonyl (C=O) groups excluding carboxylic acids is 2. The van der Waals surface area contributed by atoms with Gasteiger partial charge in [0.15, 0.2) is 28.2 Å². The number of halogens is 1. The zero-order valence-electron chi connectivity index (χ0n) is 34.3. The quantitative estimate of drug-likeness (QED) is 0.103. The number of alkyl halides is 1. The summed E-state index contributed by atoms with van der Waals surface area (Å²) in [6, 6.07) is 0. The topological polar surface area (TPSA) is 97.4 Å². The van der Waals surface area contributed by atoms with Crippen LogP contribution in [-0.2, 0) is 36.8 Å². The summed E-state index contributed by atoms with van der Waals surface area (Å²) in [5.74, 6) is -0.473. The van der Waals surface area contributed by atoms with Gasteiger partial charge < -0.3 is 22.6 Å². The fourth-order valence-corrected chi connectivity index (χ4v) is 13.7. The van der Waals surface area contributed by atoms with E-state index in [9.17, 15) is 9.36 Å². The number of ketones is 2. The predicted octanol–water partition coefficient (Wildman–Crippen LogP) is 10.5. The normalized spacial score (nSPS) is 36.0. The molecule has 292 valence electrons. The van der Waals surface area contributed by atoms with Gasteiger partial charge in [-0.15, -0.1) is 11.6 Å². The molecule has 4 aliphatic rings. The molecule has 0 saturated heterocycles. The number of hydrogen-bond acceptors (Lipinski definition) is 8. The van der Waals surface area contributed by atoms with Gasteiger partial charge in [-0.2, -0.15) is 0 Å². The summed E-state index contributed by atoms with van der Waals surface area (Å²) in [5, 5.41) is -0.206. The molecule has 0 aliphatic heterocycles. The Kier molecular flexibility index (Phi) is 12.1. The number of Topliss-reactive ketones (excluding diaryl/α,β-unsaturated/α-hetero) is 1. The van der Waals surface area contributed by atoms with Gasteiger partial charge in [-0.05, 0) is 106 Å². The van der Waals surface area contributed by atoms with Gasteiger partial charge in [-0.1, -0.05) is 74.0 Å². The number of carbonyl (C=O) groups is 2. The highest BCUT2D eigenvalue weighted by Gasteiger charge is 2.76. The molecule has 0 N–H and O–H groups in total. The highest BCUT2D eigenvalue weighted by molar-refractivity contribution is 7.53. The maximum Gasteiger partial charge on any atom is 0.356 e. The average molecular weight is 788 g/mol. The Morgan fingerprint density at radius 3 is 2.08 bits per heavy atom. The maximum absolute atomic E-state index is 15.2. The minimum Gasteiger partial charge on any atom is -0.412 e. The lowest BCUT2D eigenvalue weighted by molar-refractivity contribution is -0.190. The largest absolute Gasteiger partial charge is 0.412 e. The summed E-state index contributed by atoms with van der Waals surface area (Å²) < 4.78 is 46.6. The monoisotopic (exact) mass is 786 g/mol. The number of fused-ring (bicyclic) bond motifs is 5. The Morgan fingerprint density at radius 2 is 1.55 bits per heavy atom. The predicted molar refractivity (Wildman–Crippen MR) is 211 cm³/mol. The summed E-state index contributed by atoms with van der Waals surface area (Å²) in [6.45, 7) is 32.2. The van der Waals surface area contributed by atoms with Gasteiger partial charge in [0.2, 0.25) is 0 Å². The van der Waals surface area contributed by atoms with E-state index in [1.54, 1.807) is 26.0 Å². The third-order valence-corrected chi connectivity index (χ3v) is 25.9. The second-order valence-electron chi connectivity index (χ2n) is 19.2. The van der Waals surface area contributed by atoms with Gasteiger partial charge in [0.25, 0.3) is 0 Å². The van der Waals surface area contributed by atoms with Crippen LogP contribution in [-0.4, -0.2) is 70.9 Å². The third-order valence-electron chi connectivity index (χ3n) is 14.3. The highest BCUT2D eigenvalue weighted by Crippen LogP contribution is 2.73. The van der Waals surface area contributed by atoms with Crippen molar-refractivity contribution in [2.75, 3.05) is 26.2 Å². The first-order valence-electron chi connectivity index (χ1n) is 19.1. The third kappa shape index (κ3) is 7.12. The van der Waals surface area contributed by atoms with Crippen molar-refractivity contribution < 1.29 is 36.8 Å². The molecule has 0 amide bonds. The molecule has 4 aliphatic carbocycles. The lowest BCUT2D eigenvalue weighted by Gasteiger charge is -2.66. The van der Waals surface area contributed by atoms with Crippen LogP contribution < -0.4 is 0 Å². The molecule has 0 aromatic carbocycles. The number of rotatable bonds is 13. The first kappa shape index (κ1) is 43.3. The summed E-state index contributed by atoms with van der Waals surface area (Å²) in [5.41, 5.74) is -1.70. The Balaban J connectivity index is 1.93. The van der Waals surface area contributed by atoms with E-state index in [-0.39, 0.29) is 65.6 Å². The molecule has 8 atom stereocenters. The molecule has 51 heavy (non-hydrogen) atoms. The molecule has 8 nitrogen and oxygen atoms in total. The molecular weight excluding hydrogens is 719 g/mol. The fraction of sp³-hybridized carbons (Fsp3) is 0.846. The molecule has 12 heteroatoms. The van der Waals surface area contributed by atoms with Gasteiger partial charge in [-0.25, -0.2) is 0 Å². The maximum atomic E-state index is 15.2. The lowest BCUT2D eigenvalue weighted by atomic mass is 9.45. The summed E-state index contributed by atoms with van der Waals surface area (Å²) >= 11 is 8.28. The van der Waals surface area contributed by atoms with Gasteiger partial charge in [0.05, 0.1) is 30.8 Å². The molecule has 4 rings (SSSR count).